The van der Waals surface area contributed by atoms with Crippen molar-refractivity contribution in [3.05, 3.63) is 16.1 Å². The molecule has 0 unspecified atom stereocenters. The molecule has 2 rings (SSSR count). The van der Waals surface area contributed by atoms with Crippen LogP contribution in [0.15, 0.2) is 5.51 Å². The molecule has 7 nitrogen and oxygen atoms in total. The molecule has 19 heavy (non-hydrogen) atoms. The first-order chi connectivity index (χ1) is 9.13. The number of aromatic nitrogens is 4. The molecule has 0 amide bonds. The van der Waals surface area contributed by atoms with Gasteiger partial charge in [0.1, 0.15) is 0 Å². The summed E-state index contributed by atoms with van der Waals surface area (Å²) in [6.07, 6.45) is 0. The number of anilines is 2. The van der Waals surface area contributed by atoms with Gasteiger partial charge in [0.25, 0.3) is 0 Å². The van der Waals surface area contributed by atoms with Crippen LogP contribution in [0.1, 0.15) is 10.6 Å². The average molecular weight is 280 g/mol. The molecule has 2 heterocycles. The lowest BCUT2D eigenvalue weighted by atomic mass is 10.4. The van der Waals surface area contributed by atoms with Crippen molar-refractivity contribution in [2.45, 2.75) is 13.5 Å². The average Bonchev–Trinajstić information content (AvgIpc) is 2.83. The second-order valence-corrected chi connectivity index (χ2v) is 4.85. The number of rotatable bonds is 5. The minimum Gasteiger partial charge on any atom is -0.467 e. The van der Waals surface area contributed by atoms with Crippen LogP contribution in [0.2, 0.25) is 0 Å². The lowest BCUT2D eigenvalue weighted by molar-refractivity contribution is 0.379. The number of nitrogens with one attached hydrogen (secondary N) is 1. The molecule has 0 fully saturated rings. The summed E-state index contributed by atoms with van der Waals surface area (Å²) in [6, 6.07) is 0.294. The van der Waals surface area contributed by atoms with E-state index in [9.17, 15) is 0 Å². The fourth-order valence-electron chi connectivity index (χ4n) is 1.48. The highest BCUT2D eigenvalue weighted by Gasteiger charge is 2.12. The normalized spacial score (nSPS) is 10.3. The standard InChI is InChI=1S/C11H16N6OS/c1-7-8(19-6-13-7)5-17(3)10-14-9(12-2)15-11(16-10)18-4/h6H,5H2,1-4H3,(H,12,14,15,16). The van der Waals surface area contributed by atoms with Gasteiger partial charge in [-0.1, -0.05) is 0 Å². The Morgan fingerprint density at radius 1 is 1.37 bits per heavy atom. The van der Waals surface area contributed by atoms with Gasteiger partial charge in [-0.2, -0.15) is 15.0 Å². The zero-order chi connectivity index (χ0) is 13.8. The van der Waals surface area contributed by atoms with E-state index in [1.165, 1.54) is 12.0 Å². The van der Waals surface area contributed by atoms with Crippen LogP contribution in [0.25, 0.3) is 0 Å². The van der Waals surface area contributed by atoms with Gasteiger partial charge in [0.05, 0.1) is 24.9 Å². The first kappa shape index (κ1) is 13.5. The summed E-state index contributed by atoms with van der Waals surface area (Å²) in [5, 5.41) is 2.89. The Morgan fingerprint density at radius 2 is 2.16 bits per heavy atom. The van der Waals surface area contributed by atoms with Crippen LogP contribution in [-0.2, 0) is 6.54 Å². The molecule has 102 valence electrons. The quantitative estimate of drug-likeness (QED) is 0.885. The Labute approximate surface area is 115 Å². The maximum atomic E-state index is 5.07. The third-order valence-corrected chi connectivity index (χ3v) is 3.50. The summed E-state index contributed by atoms with van der Waals surface area (Å²) in [5.74, 6) is 1.04. The molecule has 0 bridgehead atoms. The first-order valence-electron chi connectivity index (χ1n) is 5.72. The molecule has 2 aromatic rings. The molecule has 0 aromatic carbocycles. The van der Waals surface area contributed by atoms with Crippen molar-refractivity contribution in [1.29, 1.82) is 0 Å². The van der Waals surface area contributed by atoms with E-state index in [-0.39, 0.29) is 0 Å². The predicted octanol–water partition coefficient (Wildman–Crippen LogP) is 1.32. The Hall–Kier alpha value is -1.96. The van der Waals surface area contributed by atoms with Gasteiger partial charge in [0.15, 0.2) is 0 Å². The van der Waals surface area contributed by atoms with Crippen molar-refractivity contribution in [3.8, 4) is 6.01 Å². The van der Waals surface area contributed by atoms with Crippen LogP contribution in [0.5, 0.6) is 6.01 Å². The molecule has 1 N–H and O–H groups in total. The lowest BCUT2D eigenvalue weighted by Gasteiger charge is -2.17. The Kier molecular flexibility index (Phi) is 4.10. The van der Waals surface area contributed by atoms with Crippen molar-refractivity contribution >= 4 is 23.2 Å². The summed E-state index contributed by atoms with van der Waals surface area (Å²) < 4.78 is 5.07. The van der Waals surface area contributed by atoms with E-state index in [2.05, 4.69) is 25.3 Å². The topological polar surface area (TPSA) is 76.1 Å². The van der Waals surface area contributed by atoms with Crippen molar-refractivity contribution in [3.63, 3.8) is 0 Å². The first-order valence-corrected chi connectivity index (χ1v) is 6.60. The SMILES string of the molecule is CNc1nc(OC)nc(N(C)Cc2scnc2C)n1. The molecule has 0 aliphatic carbocycles. The van der Waals surface area contributed by atoms with Gasteiger partial charge in [-0.15, -0.1) is 11.3 Å². The van der Waals surface area contributed by atoms with E-state index in [0.29, 0.717) is 24.5 Å². The van der Waals surface area contributed by atoms with E-state index in [1.807, 2.05) is 24.4 Å². The van der Waals surface area contributed by atoms with Crippen LogP contribution in [0, 0.1) is 6.92 Å². The summed E-state index contributed by atoms with van der Waals surface area (Å²) in [6.45, 7) is 2.69. The van der Waals surface area contributed by atoms with Crippen molar-refractivity contribution in [1.82, 2.24) is 19.9 Å². The fraction of sp³-hybridized carbons (Fsp3) is 0.455. The van der Waals surface area contributed by atoms with Crippen LogP contribution in [0.4, 0.5) is 11.9 Å². The molecule has 0 aliphatic heterocycles. The number of thiazole rings is 1. The molecular weight excluding hydrogens is 264 g/mol. The fourth-order valence-corrected chi connectivity index (χ4v) is 2.31. The minimum atomic E-state index is 0.294. The van der Waals surface area contributed by atoms with Crippen LogP contribution in [0.3, 0.4) is 0 Å². The molecule has 8 heteroatoms. The van der Waals surface area contributed by atoms with Crippen molar-refractivity contribution in [2.75, 3.05) is 31.4 Å². The molecule has 2 aromatic heterocycles. The van der Waals surface area contributed by atoms with Gasteiger partial charge in [-0.05, 0) is 6.92 Å². The molecule has 0 aliphatic rings. The van der Waals surface area contributed by atoms with E-state index in [4.69, 9.17) is 4.74 Å². The second kappa shape index (κ2) is 5.79. The largest absolute Gasteiger partial charge is 0.467 e. The monoisotopic (exact) mass is 280 g/mol. The molecule has 0 radical (unpaired) electrons. The highest BCUT2D eigenvalue weighted by atomic mass is 32.1. The third kappa shape index (κ3) is 3.08. The second-order valence-electron chi connectivity index (χ2n) is 3.91. The summed E-state index contributed by atoms with van der Waals surface area (Å²) in [5.41, 5.74) is 2.87. The number of ether oxygens (including phenoxy) is 1. The number of hydrogen-bond acceptors (Lipinski definition) is 8. The number of methoxy groups -OCH3 is 1. The molecule has 0 saturated heterocycles. The van der Waals surface area contributed by atoms with Gasteiger partial charge < -0.3 is 15.0 Å². The highest BCUT2D eigenvalue weighted by molar-refractivity contribution is 7.09. The van der Waals surface area contributed by atoms with Crippen LogP contribution in [-0.4, -0.2) is 41.1 Å². The Balaban J connectivity index is 2.23. The number of hydrogen-bond donors (Lipinski definition) is 1. The van der Waals surface area contributed by atoms with E-state index >= 15 is 0 Å². The van der Waals surface area contributed by atoms with Crippen molar-refractivity contribution in [2.24, 2.45) is 0 Å². The van der Waals surface area contributed by atoms with Gasteiger partial charge >= 0.3 is 6.01 Å². The van der Waals surface area contributed by atoms with Gasteiger partial charge in [-0.25, -0.2) is 4.98 Å². The van der Waals surface area contributed by atoms with E-state index in [1.54, 1.807) is 18.4 Å². The predicted molar refractivity (Wildman–Crippen MR) is 74.9 cm³/mol. The zero-order valence-electron chi connectivity index (χ0n) is 11.3. The molecule has 0 atom stereocenters. The third-order valence-electron chi connectivity index (χ3n) is 2.58. The maximum Gasteiger partial charge on any atom is 0.322 e. The lowest BCUT2D eigenvalue weighted by Crippen LogP contribution is -2.20. The summed E-state index contributed by atoms with van der Waals surface area (Å²) in [4.78, 5) is 20.0. The molecular formula is C11H16N6OS. The van der Waals surface area contributed by atoms with Gasteiger partial charge in [-0.3, -0.25) is 0 Å². The van der Waals surface area contributed by atoms with E-state index in [0.717, 1.165) is 5.69 Å². The van der Waals surface area contributed by atoms with Gasteiger partial charge in [0.2, 0.25) is 11.9 Å². The van der Waals surface area contributed by atoms with E-state index < -0.39 is 0 Å². The van der Waals surface area contributed by atoms with Crippen LogP contribution < -0.4 is 15.0 Å². The van der Waals surface area contributed by atoms with Crippen LogP contribution >= 0.6 is 11.3 Å². The van der Waals surface area contributed by atoms with Crippen molar-refractivity contribution < 1.29 is 4.74 Å². The molecule has 0 saturated carbocycles. The number of aryl methyl sites for hydroxylation is 1. The summed E-state index contributed by atoms with van der Waals surface area (Å²) in [7, 11) is 5.21. The smallest absolute Gasteiger partial charge is 0.322 e. The number of nitrogens with zero attached hydrogens (tertiary/aromatic N) is 5. The minimum absolute atomic E-state index is 0.294. The highest BCUT2D eigenvalue weighted by Crippen LogP contribution is 2.19. The Bertz CT molecular complexity index is 536. The maximum absolute atomic E-state index is 5.07. The molecule has 0 spiro atoms. The van der Waals surface area contributed by atoms with Gasteiger partial charge in [0, 0.05) is 19.0 Å². The zero-order valence-corrected chi connectivity index (χ0v) is 12.2. The summed E-state index contributed by atoms with van der Waals surface area (Å²) >= 11 is 1.62. The Morgan fingerprint density at radius 3 is 2.74 bits per heavy atom.